The molecule has 1 aliphatic rings. The van der Waals surface area contributed by atoms with Crippen LogP contribution in [0.25, 0.3) is 0 Å². The van der Waals surface area contributed by atoms with Crippen LogP contribution in [0.4, 0.5) is 13.2 Å². The molecule has 0 fully saturated rings. The third-order valence-corrected chi connectivity index (χ3v) is 4.73. The van der Waals surface area contributed by atoms with E-state index in [0.717, 1.165) is 6.07 Å². The first-order chi connectivity index (χ1) is 14.1. The maximum atomic E-state index is 14.2. The summed E-state index contributed by atoms with van der Waals surface area (Å²) in [7, 11) is 0. The lowest BCUT2D eigenvalue weighted by Crippen LogP contribution is -2.39. The van der Waals surface area contributed by atoms with E-state index in [1.807, 2.05) is 20.8 Å². The Hall–Kier alpha value is -2.83. The highest BCUT2D eigenvalue weighted by Gasteiger charge is 2.29. The molecule has 4 nitrogen and oxygen atoms in total. The second kappa shape index (κ2) is 8.90. The van der Waals surface area contributed by atoms with E-state index < -0.39 is 17.7 Å². The van der Waals surface area contributed by atoms with Crippen molar-refractivity contribution in [3.05, 3.63) is 71.0 Å². The van der Waals surface area contributed by atoms with Crippen molar-refractivity contribution >= 4 is 11.6 Å². The van der Waals surface area contributed by atoms with Gasteiger partial charge in [-0.15, -0.1) is 0 Å². The van der Waals surface area contributed by atoms with Crippen LogP contribution < -0.4 is 0 Å². The molecule has 30 heavy (non-hydrogen) atoms. The van der Waals surface area contributed by atoms with Crippen LogP contribution in [-0.2, 0) is 16.2 Å². The van der Waals surface area contributed by atoms with Gasteiger partial charge in [0, 0.05) is 36.6 Å². The summed E-state index contributed by atoms with van der Waals surface area (Å²) in [5, 5.41) is 4.04. The van der Waals surface area contributed by atoms with Crippen molar-refractivity contribution in [2.45, 2.75) is 46.3 Å². The smallest absolute Gasteiger partial charge is 0.223 e. The minimum atomic E-state index is -0.701. The average Bonchev–Trinajstić information content (AvgIpc) is 3.10. The lowest BCUT2D eigenvalue weighted by Gasteiger charge is -2.28. The third kappa shape index (κ3) is 5.84. The van der Waals surface area contributed by atoms with E-state index in [2.05, 4.69) is 5.16 Å². The van der Waals surface area contributed by atoms with Crippen LogP contribution in [0.1, 0.15) is 44.7 Å². The predicted octanol–water partition coefficient (Wildman–Crippen LogP) is 5.06. The highest BCUT2D eigenvalue weighted by molar-refractivity contribution is 6.01. The van der Waals surface area contributed by atoms with Gasteiger partial charge < -0.3 is 9.74 Å². The van der Waals surface area contributed by atoms with Crippen molar-refractivity contribution in [2.75, 3.05) is 6.54 Å². The van der Waals surface area contributed by atoms with Crippen LogP contribution in [0.15, 0.2) is 47.6 Å². The SMILES string of the molecule is CC(C)(C)CC(=O)N(Cc1ccc(F)cc1F)C[C@H]1CC(c2cccc(F)c2)=NO1. The fourth-order valence-corrected chi connectivity index (χ4v) is 3.29. The van der Waals surface area contributed by atoms with Gasteiger partial charge in [-0.3, -0.25) is 4.79 Å². The largest absolute Gasteiger partial charge is 0.390 e. The molecule has 160 valence electrons. The van der Waals surface area contributed by atoms with Crippen LogP contribution in [-0.4, -0.2) is 29.2 Å². The molecule has 0 unspecified atom stereocenters. The maximum Gasteiger partial charge on any atom is 0.223 e. The van der Waals surface area contributed by atoms with E-state index in [1.54, 1.807) is 12.1 Å². The zero-order chi connectivity index (χ0) is 21.9. The van der Waals surface area contributed by atoms with Gasteiger partial charge in [-0.05, 0) is 23.6 Å². The number of nitrogens with zero attached hydrogens (tertiary/aromatic N) is 2. The molecule has 1 amide bonds. The van der Waals surface area contributed by atoms with Crippen molar-refractivity contribution in [2.24, 2.45) is 10.6 Å². The summed E-state index contributed by atoms with van der Waals surface area (Å²) in [6.45, 7) is 6.01. The van der Waals surface area contributed by atoms with Gasteiger partial charge in [0.05, 0.1) is 12.3 Å². The standard InChI is InChI=1S/C23H25F3N2O2/c1-23(2,3)12-22(29)28(13-16-7-8-18(25)10-20(16)26)14-19-11-21(27-30-19)15-5-4-6-17(24)9-15/h4-10,19H,11-14H2,1-3H3/t19-/m1/s1. The molecule has 2 aromatic carbocycles. The number of hydrogen-bond acceptors (Lipinski definition) is 3. The Kier molecular flexibility index (Phi) is 6.48. The van der Waals surface area contributed by atoms with Crippen LogP contribution in [0.5, 0.6) is 0 Å². The topological polar surface area (TPSA) is 41.9 Å². The molecule has 0 N–H and O–H groups in total. The molecule has 2 aromatic rings. The number of amides is 1. The summed E-state index contributed by atoms with van der Waals surface area (Å²) in [6, 6.07) is 9.37. The first-order valence-corrected chi connectivity index (χ1v) is 9.81. The quantitative estimate of drug-likeness (QED) is 0.658. The minimum Gasteiger partial charge on any atom is -0.390 e. The first-order valence-electron chi connectivity index (χ1n) is 9.81. The normalized spacial score (nSPS) is 16.2. The van der Waals surface area contributed by atoms with Crippen LogP contribution in [0.3, 0.4) is 0 Å². The summed E-state index contributed by atoms with van der Waals surface area (Å²) in [5.41, 5.74) is 1.18. The van der Waals surface area contributed by atoms with Crippen LogP contribution >= 0.6 is 0 Å². The fourth-order valence-electron chi connectivity index (χ4n) is 3.29. The molecule has 0 aliphatic carbocycles. The molecule has 0 bridgehead atoms. The number of rotatable bonds is 6. The van der Waals surface area contributed by atoms with Crippen molar-refractivity contribution in [1.29, 1.82) is 0 Å². The van der Waals surface area contributed by atoms with Crippen LogP contribution in [0.2, 0.25) is 0 Å². The molecule has 1 atom stereocenters. The van der Waals surface area contributed by atoms with E-state index in [-0.39, 0.29) is 42.2 Å². The van der Waals surface area contributed by atoms with Gasteiger partial charge >= 0.3 is 0 Å². The van der Waals surface area contributed by atoms with Gasteiger partial charge in [-0.1, -0.05) is 44.1 Å². The fraction of sp³-hybridized carbons (Fsp3) is 0.391. The number of oxime groups is 1. The van der Waals surface area contributed by atoms with Gasteiger partial charge in [-0.25, -0.2) is 13.2 Å². The summed E-state index contributed by atoms with van der Waals surface area (Å²) in [5.74, 6) is -1.90. The molecular weight excluding hydrogens is 393 g/mol. The molecule has 0 spiro atoms. The Bertz CT molecular complexity index is 954. The Morgan fingerprint density at radius 2 is 1.87 bits per heavy atom. The highest BCUT2D eigenvalue weighted by atomic mass is 19.1. The minimum absolute atomic E-state index is 0.00378. The molecule has 0 saturated heterocycles. The molecule has 0 saturated carbocycles. The van der Waals surface area contributed by atoms with E-state index in [4.69, 9.17) is 4.84 Å². The number of carbonyl (C=O) groups is 1. The maximum absolute atomic E-state index is 14.2. The molecule has 1 aliphatic heterocycles. The summed E-state index contributed by atoms with van der Waals surface area (Å²) in [4.78, 5) is 19.9. The number of hydrogen-bond donors (Lipinski definition) is 0. The third-order valence-electron chi connectivity index (χ3n) is 4.73. The van der Waals surface area contributed by atoms with Crippen LogP contribution in [0, 0.1) is 22.9 Å². The molecule has 7 heteroatoms. The van der Waals surface area contributed by atoms with Gasteiger partial charge in [-0.2, -0.15) is 0 Å². The Morgan fingerprint density at radius 1 is 1.13 bits per heavy atom. The lowest BCUT2D eigenvalue weighted by atomic mass is 9.91. The lowest BCUT2D eigenvalue weighted by molar-refractivity contribution is -0.135. The Labute approximate surface area is 174 Å². The monoisotopic (exact) mass is 418 g/mol. The van der Waals surface area contributed by atoms with Gasteiger partial charge in [0.2, 0.25) is 5.91 Å². The zero-order valence-corrected chi connectivity index (χ0v) is 17.3. The highest BCUT2D eigenvalue weighted by Crippen LogP contribution is 2.24. The number of halogens is 3. The molecule has 1 heterocycles. The second-order valence-corrected chi connectivity index (χ2v) is 8.73. The molecule has 3 rings (SSSR count). The van der Waals surface area contributed by atoms with Gasteiger partial charge in [0.15, 0.2) is 6.10 Å². The van der Waals surface area contributed by atoms with E-state index in [1.165, 1.54) is 29.2 Å². The van der Waals surface area contributed by atoms with Gasteiger partial charge in [0.1, 0.15) is 17.5 Å². The molecule has 0 aromatic heterocycles. The number of benzene rings is 2. The van der Waals surface area contributed by atoms with Crippen molar-refractivity contribution < 1.29 is 22.8 Å². The first kappa shape index (κ1) is 21.9. The number of carbonyl (C=O) groups excluding carboxylic acids is 1. The van der Waals surface area contributed by atoms with E-state index in [0.29, 0.717) is 17.7 Å². The Balaban J connectivity index is 1.73. The van der Waals surface area contributed by atoms with Crippen molar-refractivity contribution in [1.82, 2.24) is 4.90 Å². The Morgan fingerprint density at radius 3 is 2.53 bits per heavy atom. The van der Waals surface area contributed by atoms with Gasteiger partial charge in [0.25, 0.3) is 0 Å². The van der Waals surface area contributed by atoms with E-state index in [9.17, 15) is 18.0 Å². The summed E-state index contributed by atoms with van der Waals surface area (Å²) >= 11 is 0. The second-order valence-electron chi connectivity index (χ2n) is 8.73. The molecule has 0 radical (unpaired) electrons. The van der Waals surface area contributed by atoms with E-state index >= 15 is 0 Å². The predicted molar refractivity (Wildman–Crippen MR) is 108 cm³/mol. The molecular formula is C23H25F3N2O2. The zero-order valence-electron chi connectivity index (χ0n) is 17.3. The van der Waals surface area contributed by atoms with Crippen molar-refractivity contribution in [3.8, 4) is 0 Å². The summed E-state index contributed by atoms with van der Waals surface area (Å²) < 4.78 is 40.9. The average molecular weight is 418 g/mol. The summed E-state index contributed by atoms with van der Waals surface area (Å²) in [6.07, 6.45) is 0.227. The van der Waals surface area contributed by atoms with Crippen molar-refractivity contribution in [3.63, 3.8) is 0 Å².